The van der Waals surface area contributed by atoms with E-state index < -0.39 is 0 Å². The van der Waals surface area contributed by atoms with Crippen molar-refractivity contribution in [3.05, 3.63) is 0 Å². The summed E-state index contributed by atoms with van der Waals surface area (Å²) in [7, 11) is 0. The molecule has 3 nitrogen and oxygen atoms in total. The first kappa shape index (κ1) is 14.3. The standard InChI is InChI=1S/C13H23NO2.C2H6/c1-2-15-10-13(5-6-13)9-14-11-3-4-12(14)8-16-7-11;1-2/h11-12H,2-10H2,1H3;1-2H3. The SMILES string of the molecule is CC.CCOCC1(CN2C3CCC2COC3)CC1. The molecular weight excluding hydrogens is 226 g/mol. The molecule has 3 aliphatic rings. The zero-order chi connectivity index (χ0) is 13.0. The number of hydrogen-bond acceptors (Lipinski definition) is 3. The molecule has 1 aliphatic carbocycles. The molecule has 2 aliphatic heterocycles. The van der Waals surface area contributed by atoms with Gasteiger partial charge in [-0.1, -0.05) is 13.8 Å². The third kappa shape index (κ3) is 3.06. The summed E-state index contributed by atoms with van der Waals surface area (Å²) >= 11 is 0. The van der Waals surface area contributed by atoms with Crippen LogP contribution in [0.3, 0.4) is 0 Å². The lowest BCUT2D eigenvalue weighted by Crippen LogP contribution is -2.48. The third-order valence-corrected chi connectivity index (χ3v) is 4.48. The molecule has 2 unspecified atom stereocenters. The van der Waals surface area contributed by atoms with Crippen LogP contribution in [0.2, 0.25) is 0 Å². The van der Waals surface area contributed by atoms with Gasteiger partial charge >= 0.3 is 0 Å². The maximum Gasteiger partial charge on any atom is 0.0622 e. The summed E-state index contributed by atoms with van der Waals surface area (Å²) in [6.45, 7) is 11.1. The van der Waals surface area contributed by atoms with Gasteiger partial charge in [-0.05, 0) is 32.6 Å². The van der Waals surface area contributed by atoms with E-state index in [1.807, 2.05) is 13.8 Å². The molecule has 0 aromatic rings. The Labute approximate surface area is 112 Å². The van der Waals surface area contributed by atoms with Gasteiger partial charge in [-0.25, -0.2) is 0 Å². The molecule has 3 fully saturated rings. The molecule has 2 bridgehead atoms. The van der Waals surface area contributed by atoms with Gasteiger partial charge in [0.2, 0.25) is 0 Å². The molecule has 0 aromatic carbocycles. The van der Waals surface area contributed by atoms with Gasteiger partial charge < -0.3 is 9.47 Å². The van der Waals surface area contributed by atoms with Gasteiger partial charge in [-0.2, -0.15) is 0 Å². The van der Waals surface area contributed by atoms with Crippen LogP contribution in [0.1, 0.15) is 46.5 Å². The summed E-state index contributed by atoms with van der Waals surface area (Å²) in [5.74, 6) is 0. The van der Waals surface area contributed by atoms with Crippen LogP contribution in [0.25, 0.3) is 0 Å². The molecule has 18 heavy (non-hydrogen) atoms. The molecule has 2 atom stereocenters. The minimum atomic E-state index is 0.508. The second kappa shape index (κ2) is 6.36. The predicted octanol–water partition coefficient (Wildman–Crippen LogP) is 2.69. The summed E-state index contributed by atoms with van der Waals surface area (Å²) in [5.41, 5.74) is 0.508. The topological polar surface area (TPSA) is 21.7 Å². The highest BCUT2D eigenvalue weighted by molar-refractivity contribution is 5.01. The number of fused-ring (bicyclic) bond motifs is 2. The lowest BCUT2D eigenvalue weighted by Gasteiger charge is -2.37. The largest absolute Gasteiger partial charge is 0.381 e. The van der Waals surface area contributed by atoms with Crippen molar-refractivity contribution in [2.24, 2.45) is 5.41 Å². The Kier molecular flexibility index (Phi) is 5.05. The van der Waals surface area contributed by atoms with Crippen molar-refractivity contribution in [2.45, 2.75) is 58.5 Å². The van der Waals surface area contributed by atoms with Gasteiger partial charge in [0.05, 0.1) is 19.8 Å². The van der Waals surface area contributed by atoms with Crippen LogP contribution in [-0.2, 0) is 9.47 Å². The summed E-state index contributed by atoms with van der Waals surface area (Å²) in [4.78, 5) is 2.72. The maximum atomic E-state index is 5.64. The Bertz CT molecular complexity index is 237. The van der Waals surface area contributed by atoms with E-state index in [4.69, 9.17) is 9.47 Å². The van der Waals surface area contributed by atoms with E-state index in [0.717, 1.165) is 26.4 Å². The number of morpholine rings is 1. The van der Waals surface area contributed by atoms with E-state index in [-0.39, 0.29) is 0 Å². The Morgan fingerprint density at radius 2 is 1.78 bits per heavy atom. The average Bonchev–Trinajstić information content (AvgIpc) is 3.14. The zero-order valence-electron chi connectivity index (χ0n) is 12.3. The molecule has 3 heteroatoms. The highest BCUT2D eigenvalue weighted by atomic mass is 16.5. The first-order valence-corrected chi connectivity index (χ1v) is 7.74. The zero-order valence-corrected chi connectivity index (χ0v) is 12.3. The molecule has 1 saturated carbocycles. The number of rotatable bonds is 5. The van der Waals surface area contributed by atoms with E-state index in [9.17, 15) is 0 Å². The molecule has 2 saturated heterocycles. The molecule has 0 amide bonds. The molecular formula is C15H29NO2. The van der Waals surface area contributed by atoms with Crippen LogP contribution >= 0.6 is 0 Å². The lowest BCUT2D eigenvalue weighted by atomic mass is 10.1. The number of ether oxygens (including phenoxy) is 2. The Balaban J connectivity index is 0.000000574. The van der Waals surface area contributed by atoms with Crippen molar-refractivity contribution < 1.29 is 9.47 Å². The third-order valence-electron chi connectivity index (χ3n) is 4.48. The predicted molar refractivity (Wildman–Crippen MR) is 73.8 cm³/mol. The van der Waals surface area contributed by atoms with Gasteiger partial charge in [0.1, 0.15) is 0 Å². The normalized spacial score (nSPS) is 32.8. The fraction of sp³-hybridized carbons (Fsp3) is 1.00. The molecule has 0 spiro atoms. The highest BCUT2D eigenvalue weighted by Crippen LogP contribution is 2.48. The van der Waals surface area contributed by atoms with E-state index in [2.05, 4.69) is 11.8 Å². The summed E-state index contributed by atoms with van der Waals surface area (Å²) in [6.07, 6.45) is 5.42. The molecule has 3 rings (SSSR count). The van der Waals surface area contributed by atoms with Crippen LogP contribution in [0.15, 0.2) is 0 Å². The maximum absolute atomic E-state index is 5.64. The van der Waals surface area contributed by atoms with E-state index in [0.29, 0.717) is 17.5 Å². The fourth-order valence-corrected chi connectivity index (χ4v) is 3.20. The molecule has 0 aromatic heterocycles. The molecule has 106 valence electrons. The van der Waals surface area contributed by atoms with Crippen molar-refractivity contribution in [3.8, 4) is 0 Å². The summed E-state index contributed by atoms with van der Waals surface area (Å²) in [5, 5.41) is 0. The van der Waals surface area contributed by atoms with Crippen molar-refractivity contribution in [3.63, 3.8) is 0 Å². The van der Waals surface area contributed by atoms with Crippen LogP contribution in [-0.4, -0.2) is 50.0 Å². The molecule has 2 heterocycles. The second-order valence-electron chi connectivity index (χ2n) is 5.73. The smallest absolute Gasteiger partial charge is 0.0622 e. The molecule has 0 N–H and O–H groups in total. The van der Waals surface area contributed by atoms with Crippen LogP contribution in [0.4, 0.5) is 0 Å². The van der Waals surface area contributed by atoms with Gasteiger partial charge in [-0.15, -0.1) is 0 Å². The Hall–Kier alpha value is -0.120. The van der Waals surface area contributed by atoms with E-state index >= 15 is 0 Å². The average molecular weight is 255 g/mol. The van der Waals surface area contributed by atoms with Gasteiger partial charge in [0, 0.05) is 30.7 Å². The number of nitrogens with zero attached hydrogens (tertiary/aromatic N) is 1. The first-order chi connectivity index (χ1) is 8.83. The lowest BCUT2D eigenvalue weighted by molar-refractivity contribution is -0.0319. The van der Waals surface area contributed by atoms with E-state index in [1.54, 1.807) is 0 Å². The first-order valence-electron chi connectivity index (χ1n) is 7.74. The van der Waals surface area contributed by atoms with Crippen molar-refractivity contribution in [1.29, 1.82) is 0 Å². The fourth-order valence-electron chi connectivity index (χ4n) is 3.20. The van der Waals surface area contributed by atoms with Crippen LogP contribution < -0.4 is 0 Å². The number of hydrogen-bond donors (Lipinski definition) is 0. The highest BCUT2D eigenvalue weighted by Gasteiger charge is 2.48. The molecule has 0 radical (unpaired) electrons. The summed E-state index contributed by atoms with van der Waals surface area (Å²) < 4.78 is 11.3. The van der Waals surface area contributed by atoms with Crippen molar-refractivity contribution >= 4 is 0 Å². The van der Waals surface area contributed by atoms with Crippen molar-refractivity contribution in [2.75, 3.05) is 33.0 Å². The van der Waals surface area contributed by atoms with Gasteiger partial charge in [-0.3, -0.25) is 4.90 Å². The minimum Gasteiger partial charge on any atom is -0.381 e. The van der Waals surface area contributed by atoms with Gasteiger partial charge in [0.15, 0.2) is 0 Å². The second-order valence-corrected chi connectivity index (χ2v) is 5.73. The Morgan fingerprint density at radius 3 is 2.28 bits per heavy atom. The quantitative estimate of drug-likeness (QED) is 0.754. The van der Waals surface area contributed by atoms with Crippen molar-refractivity contribution in [1.82, 2.24) is 4.90 Å². The van der Waals surface area contributed by atoms with Gasteiger partial charge in [0.25, 0.3) is 0 Å². The minimum absolute atomic E-state index is 0.508. The Morgan fingerprint density at radius 1 is 1.17 bits per heavy atom. The van der Waals surface area contributed by atoms with E-state index in [1.165, 1.54) is 32.2 Å². The monoisotopic (exact) mass is 255 g/mol. The van der Waals surface area contributed by atoms with Crippen LogP contribution in [0.5, 0.6) is 0 Å². The van der Waals surface area contributed by atoms with Crippen LogP contribution in [0, 0.1) is 5.41 Å². The summed E-state index contributed by atoms with van der Waals surface area (Å²) in [6, 6.07) is 1.41.